The third-order valence-corrected chi connectivity index (χ3v) is 4.20. The van der Waals surface area contributed by atoms with Crippen LogP contribution in [0.4, 0.5) is 5.82 Å². The maximum absolute atomic E-state index is 12.0. The Kier molecular flexibility index (Phi) is 7.54. The molecule has 0 aliphatic rings. The second-order valence-corrected chi connectivity index (χ2v) is 6.44. The maximum atomic E-state index is 12.0. The maximum Gasteiger partial charge on any atom is 0.253 e. The lowest BCUT2D eigenvalue weighted by Crippen LogP contribution is -2.28. The highest BCUT2D eigenvalue weighted by Crippen LogP contribution is 2.17. The van der Waals surface area contributed by atoms with Gasteiger partial charge in [-0.05, 0) is 12.5 Å². The van der Waals surface area contributed by atoms with Crippen molar-refractivity contribution in [3.63, 3.8) is 0 Å². The Morgan fingerprint density at radius 2 is 2.15 bits per heavy atom. The second-order valence-electron chi connectivity index (χ2n) is 4.16. The Labute approximate surface area is 127 Å². The predicted octanol–water partition coefficient (Wildman–Crippen LogP) is 2.06. The minimum absolute atomic E-state index is 0.273. The van der Waals surface area contributed by atoms with Gasteiger partial charge < -0.3 is 10.6 Å². The molecule has 2 N–H and O–H groups in total. The van der Waals surface area contributed by atoms with Crippen LogP contribution in [-0.2, 0) is 10.8 Å². The van der Waals surface area contributed by atoms with Crippen LogP contribution in [0.1, 0.15) is 30.6 Å². The van der Waals surface area contributed by atoms with E-state index in [1.54, 1.807) is 6.07 Å². The average molecular weight is 318 g/mol. The molecule has 1 unspecified atom stereocenters. The summed E-state index contributed by atoms with van der Waals surface area (Å²) in [6, 6.07) is 1.63. The molecule has 20 heavy (non-hydrogen) atoms. The summed E-state index contributed by atoms with van der Waals surface area (Å²) in [5, 5.41) is 6.12. The van der Waals surface area contributed by atoms with Crippen LogP contribution in [0.15, 0.2) is 12.3 Å². The van der Waals surface area contributed by atoms with Crippen LogP contribution in [0, 0.1) is 0 Å². The number of nitrogens with zero attached hydrogens (tertiary/aromatic N) is 1. The van der Waals surface area contributed by atoms with Gasteiger partial charge >= 0.3 is 0 Å². The number of hydrogen-bond donors (Lipinski definition) is 2. The minimum atomic E-state index is -0.886. The largest absolute Gasteiger partial charge is 0.370 e. The van der Waals surface area contributed by atoms with Crippen LogP contribution in [0.5, 0.6) is 0 Å². The van der Waals surface area contributed by atoms with E-state index in [0.29, 0.717) is 34.5 Å². The van der Waals surface area contributed by atoms with E-state index in [0.717, 1.165) is 13.0 Å². The summed E-state index contributed by atoms with van der Waals surface area (Å²) in [4.78, 5) is 16.1. The molecule has 0 fully saturated rings. The Morgan fingerprint density at radius 3 is 2.80 bits per heavy atom. The van der Waals surface area contributed by atoms with E-state index in [1.807, 2.05) is 13.8 Å². The van der Waals surface area contributed by atoms with E-state index in [2.05, 4.69) is 15.6 Å². The molecule has 1 atom stereocenters. The van der Waals surface area contributed by atoms with Crippen LogP contribution >= 0.6 is 11.6 Å². The highest BCUT2D eigenvalue weighted by Gasteiger charge is 2.12. The average Bonchev–Trinajstić information content (AvgIpc) is 2.45. The first-order valence-electron chi connectivity index (χ1n) is 6.61. The molecule has 0 spiro atoms. The lowest BCUT2D eigenvalue weighted by molar-refractivity contribution is 0.0956. The quantitative estimate of drug-likeness (QED) is 0.770. The molecule has 0 saturated carbocycles. The first kappa shape index (κ1) is 16.9. The number of amides is 1. The van der Waals surface area contributed by atoms with E-state index < -0.39 is 10.8 Å². The zero-order valence-corrected chi connectivity index (χ0v) is 13.3. The molecule has 1 heterocycles. The first-order chi connectivity index (χ1) is 9.58. The number of hydrogen-bond acceptors (Lipinski definition) is 4. The molecule has 1 amide bonds. The van der Waals surface area contributed by atoms with Crippen LogP contribution in [0.3, 0.4) is 0 Å². The van der Waals surface area contributed by atoms with Crippen molar-refractivity contribution in [2.24, 2.45) is 0 Å². The molecule has 0 aliphatic heterocycles. The Morgan fingerprint density at radius 1 is 1.40 bits per heavy atom. The van der Waals surface area contributed by atoms with Gasteiger partial charge in [0.15, 0.2) is 0 Å². The van der Waals surface area contributed by atoms with Crippen molar-refractivity contribution >= 4 is 34.1 Å². The zero-order chi connectivity index (χ0) is 15.0. The number of pyridine rings is 1. The number of aromatic nitrogens is 1. The molecule has 112 valence electrons. The summed E-state index contributed by atoms with van der Waals surface area (Å²) >= 11 is 5.98. The molecule has 0 aliphatic carbocycles. The molecule has 0 bridgehead atoms. The first-order valence-corrected chi connectivity index (χ1v) is 8.47. The molecule has 1 rings (SSSR count). The standard InChI is InChI=1S/C13H20ClN3O2S/c1-3-5-15-12-8-10(11(14)9-17-12)13(18)16-6-7-20(19)4-2/h8-9H,3-7H2,1-2H3,(H,15,17)(H,16,18). The molecule has 0 radical (unpaired) electrons. The number of halogens is 1. The molecule has 7 heteroatoms. The van der Waals surface area contributed by atoms with Gasteiger partial charge in [0.2, 0.25) is 0 Å². The summed E-state index contributed by atoms with van der Waals surface area (Å²) in [6.45, 7) is 5.05. The summed E-state index contributed by atoms with van der Waals surface area (Å²) in [5.41, 5.74) is 0.377. The SMILES string of the molecule is CCCNc1cc(C(=O)NCCS(=O)CC)c(Cl)cn1. The van der Waals surface area contributed by atoms with Crippen LogP contribution in [-0.4, -0.2) is 39.7 Å². The topological polar surface area (TPSA) is 71.1 Å². The number of nitrogens with one attached hydrogen (secondary N) is 2. The molecule has 1 aromatic heterocycles. The lowest BCUT2D eigenvalue weighted by Gasteiger charge is -2.09. The van der Waals surface area contributed by atoms with Gasteiger partial charge in [0.05, 0.1) is 10.6 Å². The Hall–Kier alpha value is -1.14. The van der Waals surface area contributed by atoms with Gasteiger partial charge in [-0.15, -0.1) is 0 Å². The highest BCUT2D eigenvalue weighted by molar-refractivity contribution is 7.84. The lowest BCUT2D eigenvalue weighted by atomic mass is 10.2. The van der Waals surface area contributed by atoms with Gasteiger partial charge in [-0.25, -0.2) is 4.98 Å². The smallest absolute Gasteiger partial charge is 0.253 e. The third kappa shape index (κ3) is 5.46. The second kappa shape index (κ2) is 8.92. The van der Waals surface area contributed by atoms with E-state index in [-0.39, 0.29) is 5.91 Å². The summed E-state index contributed by atoms with van der Waals surface area (Å²) in [5.74, 6) is 1.40. The fourth-order valence-corrected chi connectivity index (χ4v) is 2.29. The predicted molar refractivity (Wildman–Crippen MR) is 83.9 cm³/mol. The number of rotatable bonds is 8. The van der Waals surface area contributed by atoms with Crippen LogP contribution in [0.2, 0.25) is 5.02 Å². The minimum Gasteiger partial charge on any atom is -0.370 e. The number of carbonyl (C=O) groups is 1. The van der Waals surface area contributed by atoms with Crippen molar-refractivity contribution in [2.75, 3.05) is 29.9 Å². The van der Waals surface area contributed by atoms with E-state index in [4.69, 9.17) is 11.6 Å². The van der Waals surface area contributed by atoms with E-state index >= 15 is 0 Å². The zero-order valence-electron chi connectivity index (χ0n) is 11.7. The summed E-state index contributed by atoms with van der Waals surface area (Å²) in [7, 11) is -0.886. The monoisotopic (exact) mass is 317 g/mol. The van der Waals surface area contributed by atoms with Gasteiger partial charge in [-0.3, -0.25) is 9.00 Å². The van der Waals surface area contributed by atoms with Gasteiger partial charge in [-0.2, -0.15) is 0 Å². The van der Waals surface area contributed by atoms with Gasteiger partial charge in [0.1, 0.15) is 5.82 Å². The number of carbonyl (C=O) groups excluding carboxylic acids is 1. The Bertz CT molecular complexity index is 483. The van der Waals surface area contributed by atoms with Crippen molar-refractivity contribution in [1.29, 1.82) is 0 Å². The summed E-state index contributed by atoms with van der Waals surface area (Å²) < 4.78 is 11.3. The van der Waals surface area contributed by atoms with Crippen molar-refractivity contribution in [3.05, 3.63) is 22.8 Å². The fraction of sp³-hybridized carbons (Fsp3) is 0.538. The summed E-state index contributed by atoms with van der Waals surface area (Å²) in [6.07, 6.45) is 2.42. The van der Waals surface area contributed by atoms with Crippen LogP contribution in [0.25, 0.3) is 0 Å². The van der Waals surface area contributed by atoms with Crippen molar-refractivity contribution in [1.82, 2.24) is 10.3 Å². The highest BCUT2D eigenvalue weighted by atomic mass is 35.5. The normalized spacial score (nSPS) is 11.9. The van der Waals surface area contributed by atoms with Gasteiger partial charge in [-0.1, -0.05) is 25.4 Å². The number of anilines is 1. The third-order valence-electron chi connectivity index (χ3n) is 2.59. The fourth-order valence-electron chi connectivity index (χ4n) is 1.48. The van der Waals surface area contributed by atoms with E-state index in [9.17, 15) is 9.00 Å². The van der Waals surface area contributed by atoms with Crippen LogP contribution < -0.4 is 10.6 Å². The van der Waals surface area contributed by atoms with E-state index in [1.165, 1.54) is 6.20 Å². The molecule has 1 aromatic rings. The van der Waals surface area contributed by atoms with Gasteiger partial charge in [0, 0.05) is 41.6 Å². The molecule has 0 saturated heterocycles. The van der Waals surface area contributed by atoms with Crippen molar-refractivity contribution in [2.45, 2.75) is 20.3 Å². The van der Waals surface area contributed by atoms with Crippen molar-refractivity contribution in [3.8, 4) is 0 Å². The molecule has 5 nitrogen and oxygen atoms in total. The van der Waals surface area contributed by atoms with Crippen molar-refractivity contribution < 1.29 is 9.00 Å². The molecular weight excluding hydrogens is 298 g/mol. The Balaban J connectivity index is 2.64. The van der Waals surface area contributed by atoms with Gasteiger partial charge in [0.25, 0.3) is 5.91 Å². The molecule has 0 aromatic carbocycles. The molecular formula is C13H20ClN3O2S.